The van der Waals surface area contributed by atoms with E-state index in [2.05, 4.69) is 5.32 Å². The highest BCUT2D eigenvalue weighted by atomic mass is 16.6. The Morgan fingerprint density at radius 1 is 1.43 bits per heavy atom. The van der Waals surface area contributed by atoms with Gasteiger partial charge in [0.05, 0.1) is 10.8 Å². The number of likely N-dealkylation sites (tertiary alicyclic amines) is 1. The number of amides is 2. The van der Waals surface area contributed by atoms with Gasteiger partial charge in [-0.05, 0) is 18.9 Å². The average molecular weight is 291 g/mol. The summed E-state index contributed by atoms with van der Waals surface area (Å²) in [6, 6.07) is 5.82. The Balaban J connectivity index is 2.02. The van der Waals surface area contributed by atoms with E-state index >= 15 is 0 Å². The van der Waals surface area contributed by atoms with Gasteiger partial charge in [-0.3, -0.25) is 19.7 Å². The molecule has 2 amide bonds. The van der Waals surface area contributed by atoms with Crippen LogP contribution in [-0.2, 0) is 9.59 Å². The maximum absolute atomic E-state index is 12.2. The molecule has 21 heavy (non-hydrogen) atoms. The molecule has 0 radical (unpaired) electrons. The second-order valence-electron chi connectivity index (χ2n) is 5.10. The summed E-state index contributed by atoms with van der Waals surface area (Å²) in [5.41, 5.74) is 0.330. The van der Waals surface area contributed by atoms with Crippen LogP contribution in [0.3, 0.4) is 0 Å². The summed E-state index contributed by atoms with van der Waals surface area (Å²) in [5, 5.41) is 13.4. The van der Waals surface area contributed by atoms with Crippen LogP contribution < -0.4 is 5.32 Å². The van der Waals surface area contributed by atoms with Gasteiger partial charge in [-0.15, -0.1) is 0 Å². The highest BCUT2D eigenvalue weighted by Crippen LogP contribution is 2.21. The van der Waals surface area contributed by atoms with Gasteiger partial charge in [0.2, 0.25) is 11.8 Å². The molecule has 0 bridgehead atoms. The lowest BCUT2D eigenvalue weighted by molar-refractivity contribution is -0.384. The number of carbonyl (C=O) groups excluding carboxylic acids is 2. The number of nitro groups is 1. The topological polar surface area (TPSA) is 92.6 Å². The van der Waals surface area contributed by atoms with Crippen molar-refractivity contribution in [2.45, 2.75) is 19.8 Å². The molecule has 1 heterocycles. The Morgan fingerprint density at radius 2 is 2.19 bits per heavy atom. The van der Waals surface area contributed by atoms with Crippen LogP contribution in [0.2, 0.25) is 0 Å². The molecule has 1 saturated heterocycles. The molecule has 0 spiro atoms. The first-order valence-electron chi connectivity index (χ1n) is 6.78. The Hall–Kier alpha value is -2.44. The third-order valence-electron chi connectivity index (χ3n) is 3.56. The molecule has 1 aliphatic rings. The number of hydrogen-bond donors (Lipinski definition) is 1. The normalized spacial score (nSPS) is 18.1. The molecule has 112 valence electrons. The minimum Gasteiger partial charge on any atom is -0.342 e. The fraction of sp³-hybridized carbons (Fsp3) is 0.429. The number of rotatable bonds is 3. The van der Waals surface area contributed by atoms with Gasteiger partial charge in [-0.1, -0.05) is 6.07 Å². The van der Waals surface area contributed by atoms with Crippen molar-refractivity contribution in [3.8, 4) is 0 Å². The fourth-order valence-corrected chi connectivity index (χ4v) is 2.42. The quantitative estimate of drug-likeness (QED) is 0.678. The van der Waals surface area contributed by atoms with Crippen LogP contribution in [0.4, 0.5) is 11.4 Å². The molecule has 0 aliphatic carbocycles. The van der Waals surface area contributed by atoms with Crippen molar-refractivity contribution in [1.82, 2.24) is 4.90 Å². The molecule has 7 heteroatoms. The van der Waals surface area contributed by atoms with Gasteiger partial charge >= 0.3 is 0 Å². The lowest BCUT2D eigenvalue weighted by atomic mass is 9.97. The number of nitrogens with one attached hydrogen (secondary N) is 1. The molecule has 0 unspecified atom stereocenters. The molecule has 2 rings (SSSR count). The molecule has 0 aromatic heterocycles. The van der Waals surface area contributed by atoms with Crippen molar-refractivity contribution in [3.63, 3.8) is 0 Å². The third-order valence-corrected chi connectivity index (χ3v) is 3.56. The van der Waals surface area contributed by atoms with Gasteiger partial charge in [0.1, 0.15) is 0 Å². The van der Waals surface area contributed by atoms with Crippen LogP contribution in [-0.4, -0.2) is 34.7 Å². The fourth-order valence-electron chi connectivity index (χ4n) is 2.42. The van der Waals surface area contributed by atoms with Crippen molar-refractivity contribution in [3.05, 3.63) is 34.4 Å². The van der Waals surface area contributed by atoms with Crippen LogP contribution in [0.15, 0.2) is 24.3 Å². The summed E-state index contributed by atoms with van der Waals surface area (Å²) < 4.78 is 0. The number of nitrogens with zero attached hydrogens (tertiary/aromatic N) is 2. The van der Waals surface area contributed by atoms with Gasteiger partial charge in [-0.2, -0.15) is 0 Å². The monoisotopic (exact) mass is 291 g/mol. The van der Waals surface area contributed by atoms with E-state index in [-0.39, 0.29) is 23.4 Å². The van der Waals surface area contributed by atoms with Gasteiger partial charge in [0.25, 0.3) is 5.69 Å². The van der Waals surface area contributed by atoms with Crippen LogP contribution in [0.1, 0.15) is 19.8 Å². The van der Waals surface area contributed by atoms with E-state index in [1.807, 2.05) is 0 Å². The van der Waals surface area contributed by atoms with Gasteiger partial charge in [-0.25, -0.2) is 0 Å². The summed E-state index contributed by atoms with van der Waals surface area (Å²) in [6.07, 6.45) is 1.50. The van der Waals surface area contributed by atoms with E-state index in [4.69, 9.17) is 0 Å². The lowest BCUT2D eigenvalue weighted by Gasteiger charge is -2.31. The summed E-state index contributed by atoms with van der Waals surface area (Å²) in [7, 11) is 0. The van der Waals surface area contributed by atoms with Crippen molar-refractivity contribution in [1.29, 1.82) is 0 Å². The van der Waals surface area contributed by atoms with E-state index in [0.717, 1.165) is 6.42 Å². The van der Waals surface area contributed by atoms with E-state index in [1.54, 1.807) is 11.0 Å². The number of piperidine rings is 1. The molecular formula is C14H17N3O4. The molecular weight excluding hydrogens is 274 g/mol. The third kappa shape index (κ3) is 3.77. The largest absolute Gasteiger partial charge is 0.342 e. The second kappa shape index (κ2) is 6.34. The standard InChI is InChI=1S/C14H17N3O4/c1-10(18)16-7-3-4-11(9-16)14(19)15-12-5-2-6-13(8-12)17(20)21/h2,5-6,8,11H,3-4,7,9H2,1H3,(H,15,19)/t11-/m1/s1. The molecule has 7 nitrogen and oxygen atoms in total. The smallest absolute Gasteiger partial charge is 0.271 e. The summed E-state index contributed by atoms with van der Waals surface area (Å²) in [5.74, 6) is -0.522. The first kappa shape index (κ1) is 15.0. The summed E-state index contributed by atoms with van der Waals surface area (Å²) >= 11 is 0. The van der Waals surface area contributed by atoms with Gasteiger partial charge in [0, 0.05) is 37.8 Å². The molecule has 1 fully saturated rings. The SMILES string of the molecule is CC(=O)N1CCC[C@@H](C(=O)Nc2cccc([N+](=O)[O-])c2)C1. The van der Waals surface area contributed by atoms with Crippen molar-refractivity contribution in [2.24, 2.45) is 5.92 Å². The first-order valence-corrected chi connectivity index (χ1v) is 6.78. The Bertz CT molecular complexity index is 573. The van der Waals surface area contributed by atoms with E-state index in [9.17, 15) is 19.7 Å². The van der Waals surface area contributed by atoms with Crippen molar-refractivity contribution >= 4 is 23.2 Å². The van der Waals surface area contributed by atoms with Crippen molar-refractivity contribution < 1.29 is 14.5 Å². The predicted molar refractivity (Wildman–Crippen MR) is 76.7 cm³/mol. The zero-order chi connectivity index (χ0) is 15.4. The maximum Gasteiger partial charge on any atom is 0.271 e. The van der Waals surface area contributed by atoms with Gasteiger partial charge < -0.3 is 10.2 Å². The highest BCUT2D eigenvalue weighted by molar-refractivity contribution is 5.93. The number of non-ortho nitro benzene ring substituents is 1. The number of hydrogen-bond acceptors (Lipinski definition) is 4. The average Bonchev–Trinajstić information content (AvgIpc) is 2.47. The summed E-state index contributed by atoms with van der Waals surface area (Å²) in [6.45, 7) is 2.56. The minimum atomic E-state index is -0.506. The molecule has 1 atom stereocenters. The lowest BCUT2D eigenvalue weighted by Crippen LogP contribution is -2.42. The number of carbonyl (C=O) groups is 2. The number of benzene rings is 1. The van der Waals surface area contributed by atoms with Gasteiger partial charge in [0.15, 0.2) is 0 Å². The van der Waals surface area contributed by atoms with Crippen LogP contribution >= 0.6 is 0 Å². The first-order chi connectivity index (χ1) is 9.97. The Morgan fingerprint density at radius 3 is 2.86 bits per heavy atom. The molecule has 1 aromatic rings. The van der Waals surface area contributed by atoms with Crippen LogP contribution in [0, 0.1) is 16.0 Å². The predicted octanol–water partition coefficient (Wildman–Crippen LogP) is 1.79. The van der Waals surface area contributed by atoms with Crippen molar-refractivity contribution in [2.75, 3.05) is 18.4 Å². The minimum absolute atomic E-state index is 0.0390. The highest BCUT2D eigenvalue weighted by Gasteiger charge is 2.27. The maximum atomic E-state index is 12.2. The van der Waals surface area contributed by atoms with Crippen LogP contribution in [0.5, 0.6) is 0 Å². The second-order valence-corrected chi connectivity index (χ2v) is 5.10. The zero-order valence-corrected chi connectivity index (χ0v) is 11.7. The number of nitro benzene ring substituents is 1. The molecule has 1 aliphatic heterocycles. The zero-order valence-electron chi connectivity index (χ0n) is 11.7. The Kier molecular flexibility index (Phi) is 4.52. The Labute approximate surface area is 122 Å². The van der Waals surface area contributed by atoms with Crippen LogP contribution in [0.25, 0.3) is 0 Å². The molecule has 1 aromatic carbocycles. The van der Waals surface area contributed by atoms with E-state index in [0.29, 0.717) is 25.2 Å². The summed E-state index contributed by atoms with van der Waals surface area (Å²) in [4.78, 5) is 35.4. The van der Waals surface area contributed by atoms with E-state index in [1.165, 1.54) is 25.1 Å². The number of anilines is 1. The molecule has 1 N–H and O–H groups in total. The molecule has 0 saturated carbocycles. The van der Waals surface area contributed by atoms with E-state index < -0.39 is 4.92 Å².